The Morgan fingerprint density at radius 2 is 1.81 bits per heavy atom. The lowest BCUT2D eigenvalue weighted by atomic mass is 9.88. The topological polar surface area (TPSA) is 57.6 Å². The van der Waals surface area contributed by atoms with E-state index in [1.807, 2.05) is 27.7 Å². The van der Waals surface area contributed by atoms with Crippen LogP contribution in [0.25, 0.3) is 0 Å². The molecule has 4 nitrogen and oxygen atoms in total. The van der Waals surface area contributed by atoms with Crippen LogP contribution in [0.2, 0.25) is 0 Å². The van der Waals surface area contributed by atoms with E-state index in [0.29, 0.717) is 6.54 Å². The van der Waals surface area contributed by atoms with Gasteiger partial charge in [-0.25, -0.2) is 0 Å². The first-order valence-corrected chi connectivity index (χ1v) is 5.78. The lowest BCUT2D eigenvalue weighted by Gasteiger charge is -2.31. The summed E-state index contributed by atoms with van der Waals surface area (Å²) in [6.07, 6.45) is 0.754. The Morgan fingerprint density at radius 1 is 1.31 bits per heavy atom. The molecule has 0 bridgehead atoms. The molecule has 0 radical (unpaired) electrons. The Balaban J connectivity index is 4.62. The van der Waals surface area contributed by atoms with Crippen molar-refractivity contribution in [3.05, 3.63) is 0 Å². The van der Waals surface area contributed by atoms with E-state index < -0.39 is 17.3 Å². The molecule has 0 aromatic carbocycles. The third-order valence-electron chi connectivity index (χ3n) is 3.05. The van der Waals surface area contributed by atoms with Gasteiger partial charge < -0.3 is 10.0 Å². The molecule has 94 valence electrons. The first-order chi connectivity index (χ1) is 7.26. The van der Waals surface area contributed by atoms with Crippen LogP contribution in [0.15, 0.2) is 0 Å². The first-order valence-electron chi connectivity index (χ1n) is 5.78. The van der Waals surface area contributed by atoms with Crippen molar-refractivity contribution in [3.63, 3.8) is 0 Å². The zero-order valence-electron chi connectivity index (χ0n) is 10.9. The van der Waals surface area contributed by atoms with Crippen molar-refractivity contribution in [3.8, 4) is 0 Å². The molecule has 0 heterocycles. The third kappa shape index (κ3) is 3.83. The monoisotopic (exact) mass is 229 g/mol. The van der Waals surface area contributed by atoms with Crippen molar-refractivity contribution in [2.75, 3.05) is 13.1 Å². The van der Waals surface area contributed by atoms with Crippen LogP contribution in [0, 0.1) is 11.3 Å². The average molecular weight is 229 g/mol. The zero-order chi connectivity index (χ0) is 12.9. The molecule has 1 amide bonds. The average Bonchev–Trinajstić information content (AvgIpc) is 2.24. The highest BCUT2D eigenvalue weighted by Gasteiger charge is 2.30. The number of amides is 1. The van der Waals surface area contributed by atoms with Crippen LogP contribution in [0.3, 0.4) is 0 Å². The number of carbonyl (C=O) groups excluding carboxylic acids is 1. The lowest BCUT2D eigenvalue weighted by molar-refractivity contribution is -0.145. The predicted octanol–water partition coefficient (Wildman–Crippen LogP) is 1.99. The predicted molar refractivity (Wildman–Crippen MR) is 63.1 cm³/mol. The van der Waals surface area contributed by atoms with E-state index in [0.717, 1.165) is 6.42 Å². The molecular formula is C12H23NO3. The van der Waals surface area contributed by atoms with E-state index in [1.54, 1.807) is 11.8 Å². The molecule has 0 aliphatic heterocycles. The van der Waals surface area contributed by atoms with Crippen molar-refractivity contribution < 1.29 is 14.7 Å². The lowest BCUT2D eigenvalue weighted by Crippen LogP contribution is -2.43. The van der Waals surface area contributed by atoms with E-state index in [1.165, 1.54) is 0 Å². The van der Waals surface area contributed by atoms with E-state index in [4.69, 9.17) is 5.11 Å². The molecular weight excluding hydrogens is 206 g/mol. The fourth-order valence-corrected chi connectivity index (χ4v) is 1.34. The minimum absolute atomic E-state index is 0.0330. The van der Waals surface area contributed by atoms with Crippen LogP contribution in [0.4, 0.5) is 0 Å². The van der Waals surface area contributed by atoms with Gasteiger partial charge in [-0.1, -0.05) is 27.7 Å². The molecule has 0 aliphatic carbocycles. The molecule has 0 aromatic rings. The Bertz CT molecular complexity index is 261. The number of rotatable bonds is 6. The maximum atomic E-state index is 12.1. The Kier molecular flexibility index (Phi) is 5.48. The van der Waals surface area contributed by atoms with Crippen LogP contribution in [-0.2, 0) is 9.59 Å². The summed E-state index contributed by atoms with van der Waals surface area (Å²) in [5, 5.41) is 8.83. The fourth-order valence-electron chi connectivity index (χ4n) is 1.34. The van der Waals surface area contributed by atoms with Gasteiger partial charge in [-0.2, -0.15) is 0 Å². The van der Waals surface area contributed by atoms with Gasteiger partial charge in [0.2, 0.25) is 5.91 Å². The summed E-state index contributed by atoms with van der Waals surface area (Å²) in [6, 6.07) is 0. The number of aliphatic carboxylic acids is 1. The van der Waals surface area contributed by atoms with Gasteiger partial charge >= 0.3 is 5.97 Å². The molecule has 0 saturated heterocycles. The number of carbonyl (C=O) groups is 2. The summed E-state index contributed by atoms with van der Waals surface area (Å²) < 4.78 is 0. The summed E-state index contributed by atoms with van der Waals surface area (Å²) in [5.41, 5.74) is -0.408. The van der Waals surface area contributed by atoms with Crippen LogP contribution in [0.1, 0.15) is 41.0 Å². The molecule has 0 rings (SSSR count). The minimum Gasteiger partial charge on any atom is -0.481 e. The van der Waals surface area contributed by atoms with E-state index in [9.17, 15) is 9.59 Å². The van der Waals surface area contributed by atoms with E-state index >= 15 is 0 Å². The fraction of sp³-hybridized carbons (Fsp3) is 0.833. The normalized spacial score (nSPS) is 13.3. The molecule has 0 aromatic heterocycles. The molecule has 0 aliphatic rings. The maximum Gasteiger partial charge on any atom is 0.308 e. The summed E-state index contributed by atoms with van der Waals surface area (Å²) in [6.45, 7) is 10.1. The van der Waals surface area contributed by atoms with Crippen LogP contribution in [0.5, 0.6) is 0 Å². The summed E-state index contributed by atoms with van der Waals surface area (Å²) in [5.74, 6) is -1.34. The molecule has 0 saturated carbocycles. The third-order valence-corrected chi connectivity index (χ3v) is 3.05. The standard InChI is InChI=1S/C12H23NO3/c1-6-12(4,5)11(16)13(7-2)8-9(3)10(14)15/h9H,6-8H2,1-5H3,(H,14,15). The Hall–Kier alpha value is -1.06. The molecule has 1 N–H and O–H groups in total. The first kappa shape index (κ1) is 14.9. The summed E-state index contributed by atoms with van der Waals surface area (Å²) >= 11 is 0. The highest BCUT2D eigenvalue weighted by atomic mass is 16.4. The van der Waals surface area contributed by atoms with Gasteiger partial charge in [0.15, 0.2) is 0 Å². The second-order valence-corrected chi connectivity index (χ2v) is 4.82. The number of carboxylic acids is 1. The second-order valence-electron chi connectivity index (χ2n) is 4.82. The van der Waals surface area contributed by atoms with Gasteiger partial charge in [-0.05, 0) is 13.3 Å². The van der Waals surface area contributed by atoms with Gasteiger partial charge in [0, 0.05) is 18.5 Å². The number of hydrogen-bond acceptors (Lipinski definition) is 2. The van der Waals surface area contributed by atoms with Gasteiger partial charge in [0.05, 0.1) is 5.92 Å². The van der Waals surface area contributed by atoms with Crippen molar-refractivity contribution in [1.29, 1.82) is 0 Å². The quantitative estimate of drug-likeness (QED) is 0.757. The van der Waals surface area contributed by atoms with Crippen molar-refractivity contribution >= 4 is 11.9 Å². The van der Waals surface area contributed by atoms with E-state index in [2.05, 4.69) is 0 Å². The molecule has 0 spiro atoms. The van der Waals surface area contributed by atoms with Crippen LogP contribution < -0.4 is 0 Å². The van der Waals surface area contributed by atoms with Gasteiger partial charge in [0.25, 0.3) is 0 Å². The van der Waals surface area contributed by atoms with Crippen molar-refractivity contribution in [2.24, 2.45) is 11.3 Å². The van der Waals surface area contributed by atoms with Crippen molar-refractivity contribution in [2.45, 2.75) is 41.0 Å². The van der Waals surface area contributed by atoms with Gasteiger partial charge in [0.1, 0.15) is 0 Å². The molecule has 16 heavy (non-hydrogen) atoms. The number of carboxylic acid groups (broad SMARTS) is 1. The van der Waals surface area contributed by atoms with E-state index in [-0.39, 0.29) is 12.5 Å². The largest absolute Gasteiger partial charge is 0.481 e. The highest BCUT2D eigenvalue weighted by molar-refractivity contribution is 5.82. The molecule has 1 unspecified atom stereocenters. The molecule has 0 fully saturated rings. The smallest absolute Gasteiger partial charge is 0.308 e. The zero-order valence-corrected chi connectivity index (χ0v) is 10.9. The van der Waals surface area contributed by atoms with Crippen LogP contribution in [-0.4, -0.2) is 35.0 Å². The van der Waals surface area contributed by atoms with Gasteiger partial charge in [-0.15, -0.1) is 0 Å². The van der Waals surface area contributed by atoms with Crippen LogP contribution >= 0.6 is 0 Å². The SMILES string of the molecule is CCN(CC(C)C(=O)O)C(=O)C(C)(C)CC. The summed E-state index contributed by atoms with van der Waals surface area (Å²) in [4.78, 5) is 24.5. The molecule has 4 heteroatoms. The number of hydrogen-bond donors (Lipinski definition) is 1. The second kappa shape index (κ2) is 5.87. The minimum atomic E-state index is -0.861. The Morgan fingerprint density at radius 3 is 2.12 bits per heavy atom. The van der Waals surface area contributed by atoms with Crippen molar-refractivity contribution in [1.82, 2.24) is 4.90 Å². The summed E-state index contributed by atoms with van der Waals surface area (Å²) in [7, 11) is 0. The number of nitrogens with zero attached hydrogens (tertiary/aromatic N) is 1. The van der Waals surface area contributed by atoms with Gasteiger partial charge in [-0.3, -0.25) is 9.59 Å². The maximum absolute atomic E-state index is 12.1. The highest BCUT2D eigenvalue weighted by Crippen LogP contribution is 2.23. The Labute approximate surface area is 97.6 Å². The molecule has 1 atom stereocenters.